The van der Waals surface area contributed by atoms with E-state index in [0.29, 0.717) is 25.7 Å². The summed E-state index contributed by atoms with van der Waals surface area (Å²) in [5.41, 5.74) is 5.18. The number of aryl methyl sites for hydroxylation is 2. The summed E-state index contributed by atoms with van der Waals surface area (Å²) in [6, 6.07) is 54.3. The quantitative estimate of drug-likeness (QED) is 0.0925. The first kappa shape index (κ1) is 62.9. The number of sulfone groups is 2. The molecule has 0 bridgehead atoms. The molecule has 394 valence electrons. The van der Waals surface area contributed by atoms with Crippen LogP contribution in [-0.2, 0) is 56.4 Å². The Balaban J connectivity index is 0.000000375. The number of ether oxygens (including phenoxy) is 1. The summed E-state index contributed by atoms with van der Waals surface area (Å²) in [5, 5.41) is 8.17. The van der Waals surface area contributed by atoms with Crippen LogP contribution in [0.2, 0.25) is 0 Å². The maximum Gasteiger partial charge on any atom is 1.00 e. The van der Waals surface area contributed by atoms with Crippen LogP contribution in [0.5, 0.6) is 0 Å². The molecule has 2 aliphatic rings. The smallest absolute Gasteiger partial charge is 0.870 e. The van der Waals surface area contributed by atoms with Crippen LogP contribution in [0.25, 0.3) is 0 Å². The van der Waals surface area contributed by atoms with E-state index in [9.17, 15) is 41.1 Å². The van der Waals surface area contributed by atoms with Gasteiger partial charge in [0.15, 0.2) is 19.7 Å². The Morgan fingerprint density at radius 2 is 0.800 bits per heavy atom. The number of benzene rings is 6. The summed E-state index contributed by atoms with van der Waals surface area (Å²) >= 11 is 0. The minimum atomic E-state index is -3.58. The van der Waals surface area contributed by atoms with E-state index >= 15 is 0 Å². The molecule has 6 aromatic carbocycles. The molecule has 0 saturated carbocycles. The number of esters is 1. The number of carbonyl (C=O) groups is 4. The number of carboxylic acids is 1. The number of aliphatic carboxylic acids is 1. The third kappa shape index (κ3) is 16.3. The van der Waals surface area contributed by atoms with Gasteiger partial charge in [0, 0.05) is 13.1 Å². The zero-order chi connectivity index (χ0) is 50.4. The molecule has 2 amide bonds. The second-order valence-corrected chi connectivity index (χ2v) is 22.8. The van der Waals surface area contributed by atoms with Gasteiger partial charge in [-0.25, -0.2) is 26.4 Å². The third-order valence-electron chi connectivity index (χ3n) is 13.4. The predicted molar refractivity (Wildman–Crippen MR) is 286 cm³/mol. The van der Waals surface area contributed by atoms with E-state index in [1.807, 2.05) is 182 Å². The summed E-state index contributed by atoms with van der Waals surface area (Å²) < 4.78 is 57.8. The Hall–Kier alpha value is -6.38. The van der Waals surface area contributed by atoms with Crippen LogP contribution < -0.4 is 18.9 Å². The topological polar surface area (TPSA) is 234 Å². The standard InChI is InChI=1S/C29H31NO5S.C28H29NO5S.CH4.Li.2H2O/c1-35-29(32)26-20-25(36(33,34)19-11-14-22-12-5-2-6-13-22)21-30(26)28(31)27(23-15-7-3-8-16-23)24-17-9-4-10-18-24;30-27(26(22-14-6-2-7-15-22)23-16-8-3-9-17-23)29-20-24(19-25(29)28(31)32)35(33,34)18-10-13-21-11-4-1-5-12-21;;;;/h2-10,12-13,15-18,25-27H,11,14,19-21H2,1H3;1-9,11-12,14-17,24-26H,10,13,18-20H2,(H,31,32);1H4;;2*1H2/q;;;+1;;/p-1/t25-,26-;24-,25-;;;;/m00..../s1. The van der Waals surface area contributed by atoms with Crippen molar-refractivity contribution in [3.63, 3.8) is 0 Å². The first-order chi connectivity index (χ1) is 34.3. The Morgan fingerprint density at radius 3 is 1.09 bits per heavy atom. The number of hydrogen-bond acceptors (Lipinski definition) is 10. The van der Waals surface area contributed by atoms with Crippen molar-refractivity contribution in [2.45, 2.75) is 80.4 Å². The summed E-state index contributed by atoms with van der Waals surface area (Å²) in [4.78, 5) is 55.2. The summed E-state index contributed by atoms with van der Waals surface area (Å²) in [6.45, 7) is -0.137. The van der Waals surface area contributed by atoms with Gasteiger partial charge < -0.3 is 30.6 Å². The fraction of sp³-hybridized carbons (Fsp3) is 0.310. The molecule has 17 heteroatoms. The molecule has 6 aromatic rings. The first-order valence-corrected chi connectivity index (χ1v) is 27.3. The van der Waals surface area contributed by atoms with E-state index in [1.54, 1.807) is 0 Å². The van der Waals surface area contributed by atoms with Gasteiger partial charge in [0.05, 0.1) is 41.0 Å². The van der Waals surface area contributed by atoms with E-state index in [1.165, 1.54) is 16.9 Å². The average Bonchev–Trinajstić information content (AvgIpc) is 4.07. The molecular formula is C58H67LiN2O12S2. The molecule has 75 heavy (non-hydrogen) atoms. The van der Waals surface area contributed by atoms with Crippen molar-refractivity contribution < 1.29 is 75.7 Å². The molecule has 4 N–H and O–H groups in total. The Labute approximate surface area is 453 Å². The zero-order valence-electron chi connectivity index (χ0n) is 41.6. The van der Waals surface area contributed by atoms with E-state index in [2.05, 4.69) is 0 Å². The van der Waals surface area contributed by atoms with Gasteiger partial charge in [0.25, 0.3) is 0 Å². The van der Waals surface area contributed by atoms with Gasteiger partial charge in [-0.05, 0) is 71.9 Å². The largest absolute Gasteiger partial charge is 1.00 e. The summed E-state index contributed by atoms with van der Waals surface area (Å²) in [6.07, 6.45) is 2.16. The number of hydrogen-bond donors (Lipinski definition) is 1. The molecule has 4 atom stereocenters. The Bertz CT molecular complexity index is 2850. The van der Waals surface area contributed by atoms with Crippen LogP contribution in [0.15, 0.2) is 182 Å². The van der Waals surface area contributed by atoms with E-state index in [0.717, 1.165) is 33.4 Å². The van der Waals surface area contributed by atoms with Gasteiger partial charge in [-0.2, -0.15) is 0 Å². The van der Waals surface area contributed by atoms with Gasteiger partial charge in [-0.1, -0.05) is 189 Å². The van der Waals surface area contributed by atoms with Gasteiger partial charge in [0.2, 0.25) is 11.8 Å². The van der Waals surface area contributed by atoms with Crippen LogP contribution in [-0.4, -0.2) is 121 Å². The van der Waals surface area contributed by atoms with Crippen molar-refractivity contribution in [2.24, 2.45) is 0 Å². The summed E-state index contributed by atoms with van der Waals surface area (Å²) in [7, 11) is -5.84. The van der Waals surface area contributed by atoms with Crippen molar-refractivity contribution in [3.8, 4) is 0 Å². The number of rotatable bonds is 18. The number of carbonyl (C=O) groups excluding carboxylic acids is 3. The molecule has 0 spiro atoms. The second kappa shape index (κ2) is 29.6. The molecule has 2 aliphatic heterocycles. The first-order valence-electron chi connectivity index (χ1n) is 23.9. The van der Waals surface area contributed by atoms with E-state index < -0.39 is 71.9 Å². The van der Waals surface area contributed by atoms with Crippen molar-refractivity contribution in [1.82, 2.24) is 9.80 Å². The SMILES string of the molecule is C.COC(=O)[C@@H]1C[C@H](S(=O)(=O)CCCc2ccccc2)CN1C(=O)C(c1ccccc1)c1ccccc1.O.O=C(O)[C@@H]1C[C@H](S(=O)(=O)CCCc2ccccc2)CN1C(=O)C(c1ccccc1)c1ccccc1.[Li+].[OH-]. The van der Waals surface area contributed by atoms with Crippen molar-refractivity contribution in [3.05, 3.63) is 215 Å². The predicted octanol–water partition coefficient (Wildman–Crippen LogP) is 4.57. The molecule has 0 aliphatic carbocycles. The van der Waals surface area contributed by atoms with E-state index in [4.69, 9.17) is 4.74 Å². The van der Waals surface area contributed by atoms with Gasteiger partial charge in [-0.3, -0.25) is 9.59 Å². The number of nitrogens with zero attached hydrogens (tertiary/aromatic N) is 2. The molecule has 2 saturated heterocycles. The number of carboxylic acid groups (broad SMARTS) is 1. The maximum absolute atomic E-state index is 14.0. The molecule has 0 aromatic heterocycles. The van der Waals surface area contributed by atoms with Gasteiger partial charge in [-0.15, -0.1) is 0 Å². The monoisotopic (exact) mass is 1050 g/mol. The molecule has 2 fully saturated rings. The zero-order valence-corrected chi connectivity index (χ0v) is 43.3. The van der Waals surface area contributed by atoms with Crippen LogP contribution in [0.4, 0.5) is 0 Å². The van der Waals surface area contributed by atoms with Crippen molar-refractivity contribution in [2.75, 3.05) is 31.7 Å². The fourth-order valence-electron chi connectivity index (χ4n) is 9.64. The second-order valence-electron chi connectivity index (χ2n) is 18.0. The van der Waals surface area contributed by atoms with E-state index in [-0.39, 0.29) is 80.6 Å². The Kier molecular flexibility index (Phi) is 24.9. The van der Waals surface area contributed by atoms with Gasteiger partial charge in [0.1, 0.15) is 12.1 Å². The van der Waals surface area contributed by atoms with Crippen LogP contribution in [0.1, 0.15) is 78.3 Å². The average molecular weight is 1060 g/mol. The Morgan fingerprint density at radius 1 is 0.520 bits per heavy atom. The van der Waals surface area contributed by atoms with Crippen LogP contribution in [0.3, 0.4) is 0 Å². The van der Waals surface area contributed by atoms with Gasteiger partial charge >= 0.3 is 30.8 Å². The van der Waals surface area contributed by atoms with Crippen molar-refractivity contribution >= 4 is 43.4 Å². The molecule has 0 radical (unpaired) electrons. The molecule has 2 heterocycles. The van der Waals surface area contributed by atoms with Crippen molar-refractivity contribution in [1.29, 1.82) is 0 Å². The molecule has 8 rings (SSSR count). The minimum Gasteiger partial charge on any atom is -0.870 e. The molecular weight excluding hydrogens is 988 g/mol. The summed E-state index contributed by atoms with van der Waals surface area (Å²) in [5.74, 6) is -3.87. The number of likely N-dealkylation sites (tertiary alicyclic amines) is 2. The number of amides is 2. The number of methoxy groups -OCH3 is 1. The third-order valence-corrected chi connectivity index (χ3v) is 17.8. The minimum absolute atomic E-state index is 0. The van der Waals surface area contributed by atoms with Crippen LogP contribution >= 0.6 is 0 Å². The molecule has 14 nitrogen and oxygen atoms in total. The normalized spacial score (nSPS) is 16.9. The fourth-order valence-corrected chi connectivity index (χ4v) is 13.1. The van der Waals surface area contributed by atoms with Crippen LogP contribution in [0, 0.1) is 0 Å². The maximum atomic E-state index is 14.0. The molecule has 0 unspecified atom stereocenters.